The van der Waals surface area contributed by atoms with Gasteiger partial charge in [-0.1, -0.05) is 29.8 Å². The summed E-state index contributed by atoms with van der Waals surface area (Å²) in [6, 6.07) is 14.8. The number of halogens is 1. The van der Waals surface area contributed by atoms with Crippen molar-refractivity contribution in [1.82, 2.24) is 4.98 Å². The van der Waals surface area contributed by atoms with Gasteiger partial charge in [-0.05, 0) is 56.7 Å². The molecular formula is C22H22ClN3O2. The molecule has 0 atom stereocenters. The molecule has 144 valence electrons. The van der Waals surface area contributed by atoms with Crippen LogP contribution in [0.15, 0.2) is 60.9 Å². The molecule has 0 saturated heterocycles. The Balaban J connectivity index is 1.77. The molecule has 0 aliphatic carbocycles. The number of benzene rings is 2. The van der Waals surface area contributed by atoms with Crippen molar-refractivity contribution < 1.29 is 9.53 Å². The van der Waals surface area contributed by atoms with E-state index in [1.807, 2.05) is 57.2 Å². The fourth-order valence-electron chi connectivity index (χ4n) is 2.59. The number of carbonyl (C=O) groups is 1. The first-order chi connectivity index (χ1) is 13.4. The van der Waals surface area contributed by atoms with Gasteiger partial charge in [0.15, 0.2) is 0 Å². The van der Waals surface area contributed by atoms with Gasteiger partial charge < -0.3 is 15.4 Å². The van der Waals surface area contributed by atoms with Gasteiger partial charge in [0.05, 0.1) is 29.2 Å². The number of para-hydroxylation sites is 2. The highest BCUT2D eigenvalue weighted by atomic mass is 35.5. The lowest BCUT2D eigenvalue weighted by molar-refractivity contribution is 0.102. The van der Waals surface area contributed by atoms with Crippen LogP contribution in [-0.2, 0) is 0 Å². The lowest BCUT2D eigenvalue weighted by atomic mass is 10.2. The molecule has 0 bridgehead atoms. The summed E-state index contributed by atoms with van der Waals surface area (Å²) >= 11 is 6.12. The number of ether oxygens (including phenoxy) is 1. The van der Waals surface area contributed by atoms with Gasteiger partial charge >= 0.3 is 0 Å². The number of aryl methyl sites for hydroxylation is 1. The molecule has 0 fully saturated rings. The Hall–Kier alpha value is -3.05. The molecule has 1 amide bonds. The summed E-state index contributed by atoms with van der Waals surface area (Å²) in [4.78, 5) is 16.8. The second-order valence-electron chi connectivity index (χ2n) is 6.67. The summed E-state index contributed by atoms with van der Waals surface area (Å²) in [5.41, 5.74) is 3.52. The molecule has 28 heavy (non-hydrogen) atoms. The lowest BCUT2D eigenvalue weighted by Crippen LogP contribution is -2.12. The van der Waals surface area contributed by atoms with Crippen molar-refractivity contribution >= 4 is 34.6 Å². The van der Waals surface area contributed by atoms with E-state index in [1.165, 1.54) is 6.20 Å². The summed E-state index contributed by atoms with van der Waals surface area (Å²) < 4.78 is 5.82. The van der Waals surface area contributed by atoms with Crippen LogP contribution in [0.25, 0.3) is 0 Å². The number of nitrogens with one attached hydrogen (secondary N) is 2. The largest absolute Gasteiger partial charge is 0.489 e. The normalized spacial score (nSPS) is 10.6. The predicted molar refractivity (Wildman–Crippen MR) is 114 cm³/mol. The maximum Gasteiger partial charge on any atom is 0.257 e. The quantitative estimate of drug-likeness (QED) is 0.551. The number of anilines is 3. The van der Waals surface area contributed by atoms with Crippen molar-refractivity contribution in [3.05, 3.63) is 77.1 Å². The minimum Gasteiger partial charge on any atom is -0.489 e. The fourth-order valence-corrected chi connectivity index (χ4v) is 2.77. The zero-order valence-corrected chi connectivity index (χ0v) is 16.7. The first-order valence-electron chi connectivity index (χ1n) is 8.97. The second-order valence-corrected chi connectivity index (χ2v) is 7.08. The average Bonchev–Trinajstić information content (AvgIpc) is 2.66. The van der Waals surface area contributed by atoms with Crippen molar-refractivity contribution in [3.8, 4) is 5.75 Å². The van der Waals surface area contributed by atoms with Crippen molar-refractivity contribution in [2.45, 2.75) is 26.9 Å². The maximum atomic E-state index is 12.6. The van der Waals surface area contributed by atoms with Gasteiger partial charge in [0, 0.05) is 16.9 Å². The van der Waals surface area contributed by atoms with E-state index >= 15 is 0 Å². The Morgan fingerprint density at radius 2 is 1.86 bits per heavy atom. The summed E-state index contributed by atoms with van der Waals surface area (Å²) in [6.45, 7) is 5.86. The van der Waals surface area contributed by atoms with Crippen LogP contribution in [0.2, 0.25) is 5.02 Å². The highest BCUT2D eigenvalue weighted by molar-refractivity contribution is 6.31. The van der Waals surface area contributed by atoms with Gasteiger partial charge in [0.1, 0.15) is 5.75 Å². The van der Waals surface area contributed by atoms with Crippen molar-refractivity contribution in [2.75, 3.05) is 10.6 Å². The van der Waals surface area contributed by atoms with E-state index in [0.29, 0.717) is 22.0 Å². The fraction of sp³-hybridized carbons (Fsp3) is 0.182. The number of amides is 1. The van der Waals surface area contributed by atoms with Crippen LogP contribution in [0.1, 0.15) is 29.8 Å². The van der Waals surface area contributed by atoms with Crippen LogP contribution in [0.3, 0.4) is 0 Å². The minimum atomic E-state index is -0.261. The lowest BCUT2D eigenvalue weighted by Gasteiger charge is -2.15. The molecule has 5 nitrogen and oxygen atoms in total. The summed E-state index contributed by atoms with van der Waals surface area (Å²) in [7, 11) is 0. The van der Waals surface area contributed by atoms with Crippen LogP contribution in [-0.4, -0.2) is 17.0 Å². The van der Waals surface area contributed by atoms with Crippen molar-refractivity contribution in [1.29, 1.82) is 0 Å². The summed E-state index contributed by atoms with van der Waals surface area (Å²) in [5.74, 6) is 0.476. The van der Waals surface area contributed by atoms with E-state index < -0.39 is 0 Å². The summed E-state index contributed by atoms with van der Waals surface area (Å²) in [5, 5.41) is 6.71. The van der Waals surface area contributed by atoms with E-state index in [-0.39, 0.29) is 12.0 Å². The first-order valence-corrected chi connectivity index (χ1v) is 9.35. The molecule has 0 saturated carbocycles. The Kier molecular flexibility index (Phi) is 6.16. The molecular weight excluding hydrogens is 374 g/mol. The minimum absolute atomic E-state index is 0.0551. The predicted octanol–water partition coefficient (Wildman–Crippen LogP) is 5.83. The smallest absolute Gasteiger partial charge is 0.257 e. The zero-order valence-electron chi connectivity index (χ0n) is 16.0. The highest BCUT2D eigenvalue weighted by Crippen LogP contribution is 2.28. The third-order valence-corrected chi connectivity index (χ3v) is 4.37. The van der Waals surface area contributed by atoms with Gasteiger partial charge in [0.25, 0.3) is 5.91 Å². The molecule has 0 aliphatic heterocycles. The van der Waals surface area contributed by atoms with E-state index in [4.69, 9.17) is 16.3 Å². The second kappa shape index (κ2) is 8.76. The van der Waals surface area contributed by atoms with Gasteiger partial charge in [-0.25, -0.2) is 0 Å². The van der Waals surface area contributed by atoms with E-state index in [2.05, 4.69) is 15.6 Å². The standard InChI is InChI=1S/C22H22ClN3O2/c1-14(2)28-21-7-5-4-6-20(21)25-18-10-16(12-24-13-18)22(27)26-17-9-8-15(3)19(23)11-17/h4-14,25H,1-3H3,(H,26,27). The molecule has 3 rings (SSSR count). The Morgan fingerprint density at radius 1 is 1.07 bits per heavy atom. The maximum absolute atomic E-state index is 12.6. The van der Waals surface area contributed by atoms with E-state index in [0.717, 1.165) is 17.0 Å². The molecule has 0 aliphatic rings. The molecule has 1 heterocycles. The molecule has 0 spiro atoms. The van der Waals surface area contributed by atoms with Gasteiger partial charge in [-0.3, -0.25) is 9.78 Å². The molecule has 6 heteroatoms. The third-order valence-electron chi connectivity index (χ3n) is 3.96. The Bertz CT molecular complexity index is 989. The van der Waals surface area contributed by atoms with Gasteiger partial charge in [-0.15, -0.1) is 0 Å². The number of carbonyl (C=O) groups excluding carboxylic acids is 1. The molecule has 3 aromatic rings. The molecule has 2 N–H and O–H groups in total. The third kappa shape index (κ3) is 5.02. The average molecular weight is 396 g/mol. The topological polar surface area (TPSA) is 63.2 Å². The van der Waals surface area contributed by atoms with Crippen LogP contribution >= 0.6 is 11.6 Å². The van der Waals surface area contributed by atoms with Crippen LogP contribution in [0.5, 0.6) is 5.75 Å². The number of hydrogen-bond donors (Lipinski definition) is 2. The number of hydrogen-bond acceptors (Lipinski definition) is 4. The van der Waals surface area contributed by atoms with Crippen LogP contribution in [0.4, 0.5) is 17.1 Å². The van der Waals surface area contributed by atoms with Crippen molar-refractivity contribution in [3.63, 3.8) is 0 Å². The Morgan fingerprint density at radius 3 is 2.61 bits per heavy atom. The van der Waals surface area contributed by atoms with Crippen LogP contribution in [0, 0.1) is 6.92 Å². The molecule has 2 aromatic carbocycles. The number of aromatic nitrogens is 1. The number of pyridine rings is 1. The molecule has 1 aromatic heterocycles. The van der Waals surface area contributed by atoms with E-state index in [9.17, 15) is 4.79 Å². The number of rotatable bonds is 6. The monoisotopic (exact) mass is 395 g/mol. The van der Waals surface area contributed by atoms with E-state index in [1.54, 1.807) is 18.3 Å². The molecule has 0 unspecified atom stereocenters. The Labute approximate surface area is 169 Å². The van der Waals surface area contributed by atoms with Gasteiger partial charge in [-0.2, -0.15) is 0 Å². The summed E-state index contributed by atoms with van der Waals surface area (Å²) in [6.07, 6.45) is 3.23. The SMILES string of the molecule is Cc1ccc(NC(=O)c2cncc(Nc3ccccc3OC(C)C)c2)cc1Cl. The van der Waals surface area contributed by atoms with Crippen LogP contribution < -0.4 is 15.4 Å². The van der Waals surface area contributed by atoms with Gasteiger partial charge in [0.2, 0.25) is 0 Å². The number of nitrogens with zero attached hydrogens (tertiary/aromatic N) is 1. The molecule has 0 radical (unpaired) electrons. The van der Waals surface area contributed by atoms with Crippen molar-refractivity contribution in [2.24, 2.45) is 0 Å². The highest BCUT2D eigenvalue weighted by Gasteiger charge is 2.10. The zero-order chi connectivity index (χ0) is 20.1. The first kappa shape index (κ1) is 19.7.